The van der Waals surface area contributed by atoms with Crippen LogP contribution in [0.1, 0.15) is 29.5 Å². The van der Waals surface area contributed by atoms with E-state index in [2.05, 4.69) is 6.07 Å². The number of halogens is 1. The van der Waals surface area contributed by atoms with Crippen LogP contribution in [-0.2, 0) is 27.9 Å². The molecule has 0 N–H and O–H groups in total. The number of fused-ring (bicyclic) bond motifs is 1. The zero-order valence-corrected chi connectivity index (χ0v) is 16.3. The van der Waals surface area contributed by atoms with Crippen LogP contribution < -0.4 is 4.74 Å². The van der Waals surface area contributed by atoms with Gasteiger partial charge in [0.25, 0.3) is 0 Å². The molecular formula is C22H24ClNO3. The van der Waals surface area contributed by atoms with Gasteiger partial charge < -0.3 is 14.4 Å². The Morgan fingerprint density at radius 2 is 1.93 bits per heavy atom. The molecule has 0 aliphatic carbocycles. The van der Waals surface area contributed by atoms with Crippen molar-refractivity contribution in [1.82, 2.24) is 4.90 Å². The summed E-state index contributed by atoms with van der Waals surface area (Å²) in [5, 5.41) is 0.659. The minimum atomic E-state index is -0.604. The lowest BCUT2D eigenvalue weighted by Gasteiger charge is -2.42. The Bertz CT molecular complexity index is 845. The van der Waals surface area contributed by atoms with Crippen molar-refractivity contribution in [3.8, 4) is 5.75 Å². The normalized spacial score (nSPS) is 18.7. The molecule has 0 radical (unpaired) electrons. The predicted molar refractivity (Wildman–Crippen MR) is 105 cm³/mol. The van der Waals surface area contributed by atoms with E-state index in [-0.39, 0.29) is 5.91 Å². The summed E-state index contributed by atoms with van der Waals surface area (Å²) in [5.41, 5.74) is 2.78. The largest absolute Gasteiger partial charge is 0.497 e. The Labute approximate surface area is 165 Å². The number of ether oxygens (including phenoxy) is 2. The van der Waals surface area contributed by atoms with E-state index in [1.54, 1.807) is 7.11 Å². The first-order valence-corrected chi connectivity index (χ1v) is 9.80. The van der Waals surface area contributed by atoms with Gasteiger partial charge in [0.1, 0.15) is 5.75 Å². The third-order valence-corrected chi connectivity index (χ3v) is 6.19. The number of nitrogens with zero attached hydrogens (tertiary/aromatic N) is 1. The van der Waals surface area contributed by atoms with E-state index in [0.717, 1.165) is 29.8 Å². The monoisotopic (exact) mass is 385 g/mol. The van der Waals surface area contributed by atoms with Crippen LogP contribution in [0.25, 0.3) is 0 Å². The van der Waals surface area contributed by atoms with Gasteiger partial charge in [0.05, 0.1) is 12.5 Å². The highest BCUT2D eigenvalue weighted by molar-refractivity contribution is 6.31. The van der Waals surface area contributed by atoms with Gasteiger partial charge in [0.15, 0.2) is 0 Å². The lowest BCUT2D eigenvalue weighted by molar-refractivity contribution is -0.142. The van der Waals surface area contributed by atoms with Crippen LogP contribution >= 0.6 is 11.6 Å². The lowest BCUT2D eigenvalue weighted by atomic mass is 9.72. The van der Waals surface area contributed by atoms with Crippen molar-refractivity contribution in [2.45, 2.75) is 31.2 Å². The van der Waals surface area contributed by atoms with Gasteiger partial charge >= 0.3 is 0 Å². The van der Waals surface area contributed by atoms with Crippen molar-refractivity contribution >= 4 is 17.5 Å². The second-order valence-corrected chi connectivity index (χ2v) is 7.69. The number of methoxy groups -OCH3 is 1. The van der Waals surface area contributed by atoms with E-state index in [1.165, 1.54) is 5.56 Å². The third kappa shape index (κ3) is 3.32. The average molecular weight is 386 g/mol. The smallest absolute Gasteiger partial charge is 0.233 e. The summed E-state index contributed by atoms with van der Waals surface area (Å²) < 4.78 is 10.9. The number of carbonyl (C=O) groups excluding carboxylic acids is 1. The maximum Gasteiger partial charge on any atom is 0.233 e. The first-order valence-electron chi connectivity index (χ1n) is 9.42. The molecule has 1 saturated heterocycles. The van der Waals surface area contributed by atoms with Crippen molar-refractivity contribution < 1.29 is 14.3 Å². The van der Waals surface area contributed by atoms with E-state index >= 15 is 0 Å². The second-order valence-electron chi connectivity index (χ2n) is 7.29. The van der Waals surface area contributed by atoms with Crippen molar-refractivity contribution in [3.05, 3.63) is 64.2 Å². The van der Waals surface area contributed by atoms with Crippen LogP contribution in [-0.4, -0.2) is 37.7 Å². The van der Waals surface area contributed by atoms with Gasteiger partial charge in [-0.2, -0.15) is 0 Å². The molecule has 27 heavy (non-hydrogen) atoms. The first-order chi connectivity index (χ1) is 13.1. The minimum Gasteiger partial charge on any atom is -0.497 e. The highest BCUT2D eigenvalue weighted by Gasteiger charge is 2.45. The fraction of sp³-hybridized carbons (Fsp3) is 0.409. The van der Waals surface area contributed by atoms with Crippen molar-refractivity contribution in [3.63, 3.8) is 0 Å². The Hall–Kier alpha value is -2.04. The SMILES string of the molecule is COc1ccc2c(c1)CN(C(=O)C1(c3ccccc3Cl)CCOCC1)CC2. The summed E-state index contributed by atoms with van der Waals surface area (Å²) in [4.78, 5) is 15.8. The Kier molecular flexibility index (Phi) is 5.11. The second kappa shape index (κ2) is 7.53. The number of carbonyl (C=O) groups is 1. The van der Waals surface area contributed by atoms with Gasteiger partial charge in [-0.25, -0.2) is 0 Å². The quantitative estimate of drug-likeness (QED) is 0.802. The molecular weight excluding hydrogens is 362 g/mol. The molecule has 4 rings (SSSR count). The highest BCUT2D eigenvalue weighted by atomic mass is 35.5. The predicted octanol–water partition coefficient (Wildman–Crippen LogP) is 3.98. The molecule has 5 heteroatoms. The van der Waals surface area contributed by atoms with Gasteiger partial charge in [-0.1, -0.05) is 35.9 Å². The van der Waals surface area contributed by atoms with Crippen molar-refractivity contribution in [1.29, 1.82) is 0 Å². The van der Waals surface area contributed by atoms with Crippen LogP contribution in [0.4, 0.5) is 0 Å². The molecule has 0 unspecified atom stereocenters. The summed E-state index contributed by atoms with van der Waals surface area (Å²) in [5.74, 6) is 0.988. The maximum absolute atomic E-state index is 13.8. The summed E-state index contributed by atoms with van der Waals surface area (Å²) >= 11 is 6.52. The van der Waals surface area contributed by atoms with Crippen molar-refractivity contribution in [2.24, 2.45) is 0 Å². The summed E-state index contributed by atoms with van der Waals surface area (Å²) in [6, 6.07) is 13.9. The fourth-order valence-electron chi connectivity index (χ4n) is 4.30. The van der Waals surface area contributed by atoms with Gasteiger partial charge in [-0.05, 0) is 54.2 Å². The Morgan fingerprint density at radius 3 is 2.67 bits per heavy atom. The van der Waals surface area contributed by atoms with Crippen LogP contribution in [0.15, 0.2) is 42.5 Å². The van der Waals surface area contributed by atoms with Crippen molar-refractivity contribution in [2.75, 3.05) is 26.9 Å². The highest BCUT2D eigenvalue weighted by Crippen LogP contribution is 2.41. The molecule has 0 saturated carbocycles. The molecule has 2 aliphatic heterocycles. The standard InChI is InChI=1S/C22H24ClNO3/c1-26-18-7-6-16-8-11-24(15-17(16)14-18)21(25)22(9-12-27-13-10-22)19-4-2-3-5-20(19)23/h2-7,14H,8-13,15H2,1H3. The molecule has 0 atom stereocenters. The van der Waals surface area contributed by atoms with E-state index in [4.69, 9.17) is 21.1 Å². The topological polar surface area (TPSA) is 38.8 Å². The third-order valence-electron chi connectivity index (χ3n) is 5.86. The summed E-state index contributed by atoms with van der Waals surface area (Å²) in [6.45, 7) is 2.49. The zero-order valence-electron chi connectivity index (χ0n) is 15.5. The Balaban J connectivity index is 1.67. The fourth-order valence-corrected chi connectivity index (χ4v) is 4.62. The lowest BCUT2D eigenvalue weighted by Crippen LogP contribution is -2.51. The number of amides is 1. The Morgan fingerprint density at radius 1 is 1.15 bits per heavy atom. The van der Waals surface area contributed by atoms with E-state index in [9.17, 15) is 4.79 Å². The molecule has 1 amide bonds. The van der Waals surface area contributed by atoms with E-state index in [1.807, 2.05) is 41.3 Å². The van der Waals surface area contributed by atoms with E-state index < -0.39 is 5.41 Å². The maximum atomic E-state index is 13.8. The number of rotatable bonds is 3. The molecule has 2 aliphatic rings. The van der Waals surface area contributed by atoms with Gasteiger partial charge in [0.2, 0.25) is 5.91 Å². The average Bonchev–Trinajstić information content (AvgIpc) is 2.73. The van der Waals surface area contributed by atoms with Crippen LogP contribution in [0, 0.1) is 0 Å². The van der Waals surface area contributed by atoms with Crippen LogP contribution in [0.2, 0.25) is 5.02 Å². The summed E-state index contributed by atoms with van der Waals surface area (Å²) in [6.07, 6.45) is 2.19. The molecule has 2 aromatic carbocycles. The van der Waals surface area contributed by atoms with Gasteiger partial charge in [0, 0.05) is 31.3 Å². The molecule has 0 aromatic heterocycles. The molecule has 1 fully saturated rings. The number of hydrogen-bond acceptors (Lipinski definition) is 3. The van der Waals surface area contributed by atoms with Gasteiger partial charge in [-0.3, -0.25) is 4.79 Å². The minimum absolute atomic E-state index is 0.160. The zero-order chi connectivity index (χ0) is 18.9. The van der Waals surface area contributed by atoms with E-state index in [0.29, 0.717) is 37.6 Å². The first kappa shape index (κ1) is 18.3. The van der Waals surface area contributed by atoms with Gasteiger partial charge in [-0.15, -0.1) is 0 Å². The van der Waals surface area contributed by atoms with Crippen LogP contribution in [0.3, 0.4) is 0 Å². The number of benzene rings is 2. The molecule has 0 spiro atoms. The number of hydrogen-bond donors (Lipinski definition) is 0. The molecule has 2 heterocycles. The molecule has 0 bridgehead atoms. The molecule has 2 aromatic rings. The molecule has 4 nitrogen and oxygen atoms in total. The summed E-state index contributed by atoms with van der Waals surface area (Å²) in [7, 11) is 1.67. The molecule has 142 valence electrons. The van der Waals surface area contributed by atoms with Crippen LogP contribution in [0.5, 0.6) is 5.75 Å².